The molecule has 0 spiro atoms. The number of hydrogen-bond donors (Lipinski definition) is 1. The van der Waals surface area contributed by atoms with E-state index in [9.17, 15) is 0 Å². The normalized spacial score (nSPS) is 25.7. The van der Waals surface area contributed by atoms with Crippen LogP contribution in [0.5, 0.6) is 11.5 Å². The predicted octanol–water partition coefficient (Wildman–Crippen LogP) is 1.04. The van der Waals surface area contributed by atoms with Crippen molar-refractivity contribution >= 4 is 0 Å². The van der Waals surface area contributed by atoms with Gasteiger partial charge in [-0.1, -0.05) is 0 Å². The number of benzene rings is 1. The van der Waals surface area contributed by atoms with Crippen molar-refractivity contribution in [1.82, 2.24) is 4.90 Å². The maximum Gasteiger partial charge on any atom is 0.161 e. The molecular weight excluding hydrogens is 268 g/mol. The zero-order chi connectivity index (χ0) is 14.8. The quantitative estimate of drug-likeness (QED) is 0.898. The summed E-state index contributed by atoms with van der Waals surface area (Å²) in [6, 6.07) is 4.39. The van der Waals surface area contributed by atoms with Crippen molar-refractivity contribution in [2.45, 2.75) is 19.0 Å². The summed E-state index contributed by atoms with van der Waals surface area (Å²) in [6.07, 6.45) is 1.04. The van der Waals surface area contributed by atoms with E-state index in [1.54, 1.807) is 14.2 Å². The summed E-state index contributed by atoms with van der Waals surface area (Å²) >= 11 is 0. The molecule has 2 N–H and O–H groups in total. The molecule has 0 bridgehead atoms. The van der Waals surface area contributed by atoms with E-state index >= 15 is 0 Å². The lowest BCUT2D eigenvalue weighted by molar-refractivity contribution is 0.162. The Labute approximate surface area is 126 Å². The van der Waals surface area contributed by atoms with Crippen molar-refractivity contribution in [1.29, 1.82) is 0 Å². The van der Waals surface area contributed by atoms with Crippen LogP contribution in [0.2, 0.25) is 0 Å². The topological polar surface area (TPSA) is 57.0 Å². The van der Waals surface area contributed by atoms with Crippen LogP contribution in [0, 0.1) is 5.92 Å². The molecule has 1 saturated heterocycles. The van der Waals surface area contributed by atoms with Crippen molar-refractivity contribution < 1.29 is 14.2 Å². The molecule has 2 unspecified atom stereocenters. The third kappa shape index (κ3) is 3.00. The van der Waals surface area contributed by atoms with Gasteiger partial charge in [0.1, 0.15) is 0 Å². The number of nitrogens with zero attached hydrogens (tertiary/aromatic N) is 1. The van der Waals surface area contributed by atoms with Crippen molar-refractivity contribution in [3.63, 3.8) is 0 Å². The van der Waals surface area contributed by atoms with Crippen LogP contribution in [0.15, 0.2) is 12.1 Å². The Balaban J connectivity index is 1.72. The summed E-state index contributed by atoms with van der Waals surface area (Å²) < 4.78 is 16.2. The van der Waals surface area contributed by atoms with Crippen LogP contribution in [-0.4, -0.2) is 51.5 Å². The average Bonchev–Trinajstić information content (AvgIpc) is 2.91. The Morgan fingerprint density at radius 1 is 1.19 bits per heavy atom. The van der Waals surface area contributed by atoms with Gasteiger partial charge in [-0.3, -0.25) is 4.90 Å². The van der Waals surface area contributed by atoms with Gasteiger partial charge in [-0.15, -0.1) is 0 Å². The Hall–Kier alpha value is -1.30. The molecule has 0 aliphatic carbocycles. The Bertz CT molecular complexity index is 507. The summed E-state index contributed by atoms with van der Waals surface area (Å²) in [4.78, 5) is 2.47. The first-order valence-electron chi connectivity index (χ1n) is 7.50. The highest BCUT2D eigenvalue weighted by Crippen LogP contribution is 2.33. The van der Waals surface area contributed by atoms with Gasteiger partial charge < -0.3 is 19.9 Å². The molecule has 3 rings (SSSR count). The highest BCUT2D eigenvalue weighted by Gasteiger charge is 2.28. The van der Waals surface area contributed by atoms with Gasteiger partial charge in [-0.2, -0.15) is 0 Å². The van der Waals surface area contributed by atoms with Gasteiger partial charge in [0.2, 0.25) is 0 Å². The second-order valence-corrected chi connectivity index (χ2v) is 5.92. The molecule has 1 aromatic rings. The fraction of sp³-hybridized carbons (Fsp3) is 0.625. The summed E-state index contributed by atoms with van der Waals surface area (Å²) in [5.41, 5.74) is 8.77. The number of rotatable bonds is 4. The molecule has 0 aromatic heterocycles. The minimum Gasteiger partial charge on any atom is -0.493 e. The molecule has 2 heterocycles. The molecule has 0 amide bonds. The predicted molar refractivity (Wildman–Crippen MR) is 80.8 cm³/mol. The first kappa shape index (κ1) is 14.6. The average molecular weight is 292 g/mol. The van der Waals surface area contributed by atoms with Gasteiger partial charge in [-0.05, 0) is 29.7 Å². The molecule has 0 saturated carbocycles. The summed E-state index contributed by atoms with van der Waals surface area (Å²) in [5.74, 6) is 2.07. The largest absolute Gasteiger partial charge is 0.493 e. The number of fused-ring (bicyclic) bond motifs is 1. The minimum absolute atomic E-state index is 0.178. The number of ether oxygens (including phenoxy) is 3. The van der Waals surface area contributed by atoms with Crippen LogP contribution < -0.4 is 15.2 Å². The molecule has 1 aromatic carbocycles. The minimum atomic E-state index is 0.178. The van der Waals surface area contributed by atoms with E-state index in [0.29, 0.717) is 12.5 Å². The third-order valence-corrected chi connectivity index (χ3v) is 4.54. The SMILES string of the molecule is COc1cc2c(cc1OC)CN(CC1COCC1N)CC2. The number of hydrogen-bond acceptors (Lipinski definition) is 5. The van der Waals surface area contributed by atoms with Crippen LogP contribution in [0.25, 0.3) is 0 Å². The lowest BCUT2D eigenvalue weighted by atomic mass is 9.96. The summed E-state index contributed by atoms with van der Waals surface area (Å²) in [6.45, 7) is 4.50. The van der Waals surface area contributed by atoms with Gasteiger partial charge in [0.15, 0.2) is 11.5 Å². The van der Waals surface area contributed by atoms with E-state index in [2.05, 4.69) is 17.0 Å². The summed E-state index contributed by atoms with van der Waals surface area (Å²) in [5, 5.41) is 0. The molecule has 0 radical (unpaired) electrons. The van der Waals surface area contributed by atoms with Crippen LogP contribution in [0.3, 0.4) is 0 Å². The van der Waals surface area contributed by atoms with Crippen LogP contribution in [-0.2, 0) is 17.7 Å². The Morgan fingerprint density at radius 2 is 1.90 bits per heavy atom. The smallest absolute Gasteiger partial charge is 0.161 e. The fourth-order valence-electron chi connectivity index (χ4n) is 3.23. The Kier molecular flexibility index (Phi) is 4.33. The standard InChI is InChI=1S/C16H24N2O3/c1-19-15-5-11-3-4-18(7-12(11)6-16(15)20-2)8-13-9-21-10-14(13)17/h5-6,13-14H,3-4,7-10,17H2,1-2H3. The molecule has 116 valence electrons. The van der Waals surface area contributed by atoms with Crippen molar-refractivity contribution in [3.8, 4) is 11.5 Å². The monoisotopic (exact) mass is 292 g/mol. The van der Waals surface area contributed by atoms with Crippen LogP contribution in [0.4, 0.5) is 0 Å². The van der Waals surface area contributed by atoms with E-state index in [0.717, 1.165) is 44.2 Å². The zero-order valence-corrected chi connectivity index (χ0v) is 12.8. The number of methoxy groups -OCH3 is 2. The van der Waals surface area contributed by atoms with Gasteiger partial charge in [0, 0.05) is 31.6 Å². The van der Waals surface area contributed by atoms with Gasteiger partial charge in [0.05, 0.1) is 27.4 Å². The van der Waals surface area contributed by atoms with E-state index < -0.39 is 0 Å². The molecule has 21 heavy (non-hydrogen) atoms. The zero-order valence-electron chi connectivity index (χ0n) is 12.8. The van der Waals surface area contributed by atoms with Crippen molar-refractivity contribution in [2.75, 3.05) is 40.5 Å². The van der Waals surface area contributed by atoms with E-state index in [4.69, 9.17) is 19.9 Å². The van der Waals surface area contributed by atoms with E-state index in [1.807, 2.05) is 0 Å². The summed E-state index contributed by atoms with van der Waals surface area (Å²) in [7, 11) is 3.36. The number of nitrogens with two attached hydrogens (primary N) is 1. The maximum atomic E-state index is 6.09. The first-order chi connectivity index (χ1) is 10.2. The van der Waals surface area contributed by atoms with Crippen molar-refractivity contribution in [2.24, 2.45) is 11.7 Å². The molecule has 2 aliphatic heterocycles. The molecule has 5 nitrogen and oxygen atoms in total. The molecule has 1 fully saturated rings. The lowest BCUT2D eigenvalue weighted by Gasteiger charge is -2.31. The van der Waals surface area contributed by atoms with Crippen LogP contribution >= 0.6 is 0 Å². The third-order valence-electron chi connectivity index (χ3n) is 4.54. The lowest BCUT2D eigenvalue weighted by Crippen LogP contribution is -2.40. The molecular formula is C16H24N2O3. The van der Waals surface area contributed by atoms with Crippen LogP contribution in [0.1, 0.15) is 11.1 Å². The van der Waals surface area contributed by atoms with E-state index in [-0.39, 0.29) is 6.04 Å². The van der Waals surface area contributed by atoms with Gasteiger partial charge in [-0.25, -0.2) is 0 Å². The van der Waals surface area contributed by atoms with Gasteiger partial charge >= 0.3 is 0 Å². The molecule has 2 atom stereocenters. The Morgan fingerprint density at radius 3 is 2.52 bits per heavy atom. The highest BCUT2D eigenvalue weighted by molar-refractivity contribution is 5.48. The second kappa shape index (κ2) is 6.22. The maximum absolute atomic E-state index is 6.09. The fourth-order valence-corrected chi connectivity index (χ4v) is 3.23. The van der Waals surface area contributed by atoms with E-state index in [1.165, 1.54) is 11.1 Å². The first-order valence-corrected chi connectivity index (χ1v) is 7.50. The van der Waals surface area contributed by atoms with Crippen molar-refractivity contribution in [3.05, 3.63) is 23.3 Å². The van der Waals surface area contributed by atoms with Gasteiger partial charge in [0.25, 0.3) is 0 Å². The second-order valence-electron chi connectivity index (χ2n) is 5.92. The highest BCUT2D eigenvalue weighted by atomic mass is 16.5. The molecule has 2 aliphatic rings. The molecule has 5 heteroatoms.